The first-order valence-electron chi connectivity index (χ1n) is 11.7. The number of carbonyl (C=O) groups excluding carboxylic acids is 1. The summed E-state index contributed by atoms with van der Waals surface area (Å²) < 4.78 is 33.4. The Kier molecular flexibility index (Phi) is 6.59. The molecule has 0 saturated carbocycles. The van der Waals surface area contributed by atoms with E-state index in [1.54, 1.807) is 24.3 Å². The van der Waals surface area contributed by atoms with E-state index in [9.17, 15) is 13.2 Å². The second-order valence-electron chi connectivity index (χ2n) is 8.83. The van der Waals surface area contributed by atoms with Gasteiger partial charge >= 0.3 is 0 Å². The summed E-state index contributed by atoms with van der Waals surface area (Å²) in [5, 5.41) is 8.07. The third-order valence-electron chi connectivity index (χ3n) is 6.47. The maximum atomic E-state index is 13.0. The van der Waals surface area contributed by atoms with Crippen LogP contribution in [-0.2, 0) is 22.9 Å². The molecule has 0 spiro atoms. The first kappa shape index (κ1) is 23.3. The van der Waals surface area contributed by atoms with Crippen molar-refractivity contribution in [1.82, 2.24) is 14.5 Å². The van der Waals surface area contributed by atoms with Gasteiger partial charge in [-0.15, -0.1) is 10.2 Å². The first-order valence-corrected chi connectivity index (χ1v) is 14.0. The summed E-state index contributed by atoms with van der Waals surface area (Å²) in [6.07, 6.45) is 6.07. The summed E-state index contributed by atoms with van der Waals surface area (Å²) in [5.41, 5.74) is 3.84. The van der Waals surface area contributed by atoms with Gasteiger partial charge in [0.25, 0.3) is 5.22 Å². The number of ketones is 1. The van der Waals surface area contributed by atoms with Crippen LogP contribution in [0.1, 0.15) is 54.1 Å². The lowest BCUT2D eigenvalue weighted by atomic mass is 10.0. The predicted molar refractivity (Wildman–Crippen MR) is 130 cm³/mol. The highest BCUT2D eigenvalue weighted by Gasteiger charge is 2.27. The normalized spacial score (nSPS) is 17.4. The fourth-order valence-corrected chi connectivity index (χ4v) is 6.91. The summed E-state index contributed by atoms with van der Waals surface area (Å²) in [7, 11) is -3.56. The molecule has 178 valence electrons. The Morgan fingerprint density at radius 1 is 1.00 bits per heavy atom. The van der Waals surface area contributed by atoms with E-state index in [2.05, 4.69) is 16.3 Å². The lowest BCUT2D eigenvalue weighted by Crippen LogP contribution is -2.35. The molecule has 2 aromatic carbocycles. The molecule has 34 heavy (non-hydrogen) atoms. The minimum atomic E-state index is -3.56. The number of Topliss-reactive ketones (excluding diaryl/α,β-unsaturated/α-hetero) is 1. The second-order valence-corrected chi connectivity index (χ2v) is 12.1. The molecule has 1 saturated heterocycles. The highest BCUT2D eigenvalue weighted by Crippen LogP contribution is 2.31. The van der Waals surface area contributed by atoms with E-state index in [-0.39, 0.29) is 21.8 Å². The van der Waals surface area contributed by atoms with Crippen molar-refractivity contribution in [3.05, 3.63) is 59.2 Å². The molecule has 2 heterocycles. The molecule has 1 atom stereocenters. The molecular formula is C25H27N3O4S2. The lowest BCUT2D eigenvalue weighted by Gasteiger charge is -2.25. The van der Waals surface area contributed by atoms with Crippen LogP contribution < -0.4 is 0 Å². The maximum Gasteiger partial charge on any atom is 0.277 e. The largest absolute Gasteiger partial charge is 0.411 e. The Labute approximate surface area is 204 Å². The van der Waals surface area contributed by atoms with Gasteiger partial charge < -0.3 is 4.42 Å². The molecule has 1 aromatic heterocycles. The van der Waals surface area contributed by atoms with Crippen LogP contribution >= 0.6 is 11.8 Å². The van der Waals surface area contributed by atoms with E-state index >= 15 is 0 Å². The molecule has 5 rings (SSSR count). The van der Waals surface area contributed by atoms with E-state index in [1.807, 2.05) is 19.1 Å². The third-order valence-corrected chi connectivity index (χ3v) is 9.30. The third kappa shape index (κ3) is 4.69. The van der Waals surface area contributed by atoms with Crippen LogP contribution in [0.5, 0.6) is 0 Å². The predicted octanol–water partition coefficient (Wildman–Crippen LogP) is 4.76. The van der Waals surface area contributed by atoms with Gasteiger partial charge in [-0.3, -0.25) is 4.79 Å². The summed E-state index contributed by atoms with van der Waals surface area (Å²) in [6, 6.07) is 12.6. The van der Waals surface area contributed by atoms with Crippen LogP contribution in [0.2, 0.25) is 0 Å². The molecule has 3 aromatic rings. The van der Waals surface area contributed by atoms with Crippen LogP contribution in [0.4, 0.5) is 0 Å². The van der Waals surface area contributed by atoms with Crippen LogP contribution in [0.25, 0.3) is 11.5 Å². The van der Waals surface area contributed by atoms with Gasteiger partial charge in [-0.2, -0.15) is 4.31 Å². The average Bonchev–Trinajstić information content (AvgIpc) is 3.53. The molecule has 2 aliphatic rings. The number of nitrogens with zero attached hydrogens (tertiary/aromatic N) is 3. The fraction of sp³-hybridized carbons (Fsp3) is 0.400. The van der Waals surface area contributed by atoms with Crippen molar-refractivity contribution >= 4 is 27.6 Å². The van der Waals surface area contributed by atoms with Gasteiger partial charge in [-0.1, -0.05) is 36.4 Å². The molecule has 1 aliphatic carbocycles. The SMILES string of the molecule is CC(Sc1nnc(-c2cccc(S(=O)(=O)N3CCCCC3)c2)o1)C(=O)c1ccc2c(c1)CCC2. The molecule has 1 fully saturated rings. The number of hydrogen-bond acceptors (Lipinski definition) is 7. The highest BCUT2D eigenvalue weighted by atomic mass is 32.2. The van der Waals surface area contributed by atoms with Gasteiger partial charge in [-0.25, -0.2) is 8.42 Å². The van der Waals surface area contributed by atoms with Crippen LogP contribution in [0.3, 0.4) is 0 Å². The van der Waals surface area contributed by atoms with Crippen molar-refractivity contribution in [2.75, 3.05) is 13.1 Å². The molecular weight excluding hydrogens is 470 g/mol. The summed E-state index contributed by atoms with van der Waals surface area (Å²) >= 11 is 1.21. The van der Waals surface area contributed by atoms with Gasteiger partial charge in [0.15, 0.2) is 5.78 Å². The van der Waals surface area contributed by atoms with Crippen LogP contribution in [0.15, 0.2) is 57.0 Å². The quantitative estimate of drug-likeness (QED) is 0.343. The van der Waals surface area contributed by atoms with E-state index in [4.69, 9.17) is 4.42 Å². The number of piperidine rings is 1. The zero-order valence-corrected chi connectivity index (χ0v) is 20.7. The Hall–Kier alpha value is -2.49. The van der Waals surface area contributed by atoms with Crippen molar-refractivity contribution in [3.63, 3.8) is 0 Å². The number of aromatic nitrogens is 2. The number of rotatable bonds is 7. The zero-order valence-electron chi connectivity index (χ0n) is 19.1. The fourth-order valence-electron chi connectivity index (χ4n) is 4.58. The van der Waals surface area contributed by atoms with Gasteiger partial charge in [0.1, 0.15) is 0 Å². The molecule has 0 N–H and O–H groups in total. The molecule has 1 aliphatic heterocycles. The molecule has 7 nitrogen and oxygen atoms in total. The minimum Gasteiger partial charge on any atom is -0.411 e. The number of fused-ring (bicyclic) bond motifs is 1. The monoisotopic (exact) mass is 497 g/mol. The smallest absolute Gasteiger partial charge is 0.277 e. The second kappa shape index (κ2) is 9.64. The standard InChI is InChI=1S/C25H27N3O4S2/c1-17(23(29)20-12-11-18-7-5-8-19(18)15-20)33-25-27-26-24(32-25)21-9-6-10-22(16-21)34(30,31)28-13-3-2-4-14-28/h6,9-12,15-17H,2-5,7-8,13-14H2,1H3. The Balaban J connectivity index is 1.30. The molecule has 1 unspecified atom stereocenters. The van der Waals surface area contributed by atoms with Crippen molar-refractivity contribution in [3.8, 4) is 11.5 Å². The van der Waals surface area contributed by atoms with E-state index in [1.165, 1.54) is 27.2 Å². The Bertz CT molecular complexity index is 1310. The van der Waals surface area contributed by atoms with Crippen molar-refractivity contribution in [1.29, 1.82) is 0 Å². The zero-order chi connectivity index (χ0) is 23.7. The number of sulfonamides is 1. The summed E-state index contributed by atoms with van der Waals surface area (Å²) in [6.45, 7) is 2.92. The number of hydrogen-bond donors (Lipinski definition) is 0. The lowest BCUT2D eigenvalue weighted by molar-refractivity contribution is 0.0993. The summed E-state index contributed by atoms with van der Waals surface area (Å²) in [5.74, 6) is 0.254. The molecule has 0 amide bonds. The topological polar surface area (TPSA) is 93.4 Å². The van der Waals surface area contributed by atoms with Gasteiger partial charge in [-0.05, 0) is 74.4 Å². The summed E-state index contributed by atoms with van der Waals surface area (Å²) in [4.78, 5) is 13.2. The van der Waals surface area contributed by atoms with Gasteiger partial charge in [0, 0.05) is 24.2 Å². The van der Waals surface area contributed by atoms with E-state index in [0.29, 0.717) is 24.2 Å². The number of aryl methyl sites for hydroxylation is 2. The van der Waals surface area contributed by atoms with E-state index < -0.39 is 15.3 Å². The van der Waals surface area contributed by atoms with Crippen molar-refractivity contribution in [2.45, 2.75) is 60.8 Å². The number of thioether (sulfide) groups is 1. The van der Waals surface area contributed by atoms with E-state index in [0.717, 1.165) is 38.5 Å². The van der Waals surface area contributed by atoms with Crippen molar-refractivity contribution < 1.29 is 17.6 Å². The first-order chi connectivity index (χ1) is 16.4. The van der Waals surface area contributed by atoms with Crippen molar-refractivity contribution in [2.24, 2.45) is 0 Å². The molecule has 9 heteroatoms. The van der Waals surface area contributed by atoms with Crippen LogP contribution in [0, 0.1) is 0 Å². The molecule has 0 radical (unpaired) electrons. The minimum absolute atomic E-state index is 0.0223. The Morgan fingerprint density at radius 3 is 2.62 bits per heavy atom. The Morgan fingerprint density at radius 2 is 1.79 bits per heavy atom. The van der Waals surface area contributed by atoms with Gasteiger partial charge in [0.2, 0.25) is 15.9 Å². The molecule has 0 bridgehead atoms. The average molecular weight is 498 g/mol. The maximum absolute atomic E-state index is 13.0. The van der Waals surface area contributed by atoms with Crippen LogP contribution in [-0.4, -0.2) is 47.0 Å². The highest BCUT2D eigenvalue weighted by molar-refractivity contribution is 8.00. The number of benzene rings is 2. The number of carbonyl (C=O) groups is 1. The van der Waals surface area contributed by atoms with Gasteiger partial charge in [0.05, 0.1) is 10.1 Å².